The van der Waals surface area contributed by atoms with Crippen LogP contribution < -0.4 is 0 Å². The number of hydrogen-bond donors (Lipinski definition) is 1. The van der Waals surface area contributed by atoms with E-state index in [2.05, 4.69) is 27.6 Å². The SMILES string of the molecule is SCCCSc1nc(Cl)nc(Cl)n1. The Hall–Kier alpha value is 0.290. The highest BCUT2D eigenvalue weighted by Gasteiger charge is 2.02. The lowest BCUT2D eigenvalue weighted by Gasteiger charge is -1.98. The molecule has 0 saturated carbocycles. The third kappa shape index (κ3) is 4.35. The van der Waals surface area contributed by atoms with Gasteiger partial charge in [-0.3, -0.25) is 0 Å². The van der Waals surface area contributed by atoms with Crippen molar-refractivity contribution in [3.8, 4) is 0 Å². The van der Waals surface area contributed by atoms with Gasteiger partial charge in [0.25, 0.3) is 0 Å². The molecule has 72 valence electrons. The highest BCUT2D eigenvalue weighted by molar-refractivity contribution is 7.99. The molecule has 7 heteroatoms. The fourth-order valence-electron chi connectivity index (χ4n) is 0.602. The lowest BCUT2D eigenvalue weighted by molar-refractivity contribution is 0.902. The van der Waals surface area contributed by atoms with Gasteiger partial charge in [-0.1, -0.05) is 11.8 Å². The van der Waals surface area contributed by atoms with Crippen LogP contribution in [0, 0.1) is 0 Å². The summed E-state index contributed by atoms with van der Waals surface area (Å²) in [5, 5.41) is 0.827. The molecular formula is C6H7Cl2N3S2. The van der Waals surface area contributed by atoms with Crippen LogP contribution in [-0.4, -0.2) is 26.5 Å². The molecule has 1 aromatic heterocycles. The van der Waals surface area contributed by atoms with E-state index in [0.717, 1.165) is 17.9 Å². The van der Waals surface area contributed by atoms with Gasteiger partial charge >= 0.3 is 0 Å². The Balaban J connectivity index is 2.56. The summed E-state index contributed by atoms with van der Waals surface area (Å²) in [6.07, 6.45) is 0.995. The maximum Gasteiger partial charge on any atom is 0.227 e. The topological polar surface area (TPSA) is 38.7 Å². The maximum absolute atomic E-state index is 5.59. The molecule has 0 fully saturated rings. The van der Waals surface area contributed by atoms with Crippen LogP contribution in [0.5, 0.6) is 0 Å². The predicted molar refractivity (Wildman–Crippen MR) is 59.0 cm³/mol. The highest BCUT2D eigenvalue weighted by Crippen LogP contribution is 2.17. The number of rotatable bonds is 4. The van der Waals surface area contributed by atoms with Crippen molar-refractivity contribution in [2.75, 3.05) is 11.5 Å². The molecule has 1 rings (SSSR count). The van der Waals surface area contributed by atoms with Crippen LogP contribution in [0.4, 0.5) is 0 Å². The molecule has 0 aliphatic rings. The molecule has 1 heterocycles. The third-order valence-electron chi connectivity index (χ3n) is 1.09. The van der Waals surface area contributed by atoms with Gasteiger partial charge in [-0.25, -0.2) is 0 Å². The smallest absolute Gasteiger partial charge is 0.192 e. The highest BCUT2D eigenvalue weighted by atomic mass is 35.5. The summed E-state index contributed by atoms with van der Waals surface area (Å²) in [5.41, 5.74) is 0. The number of hydrogen-bond acceptors (Lipinski definition) is 5. The number of halogens is 2. The molecule has 0 amide bonds. The maximum atomic E-state index is 5.59. The van der Waals surface area contributed by atoms with Crippen molar-refractivity contribution < 1.29 is 0 Å². The quantitative estimate of drug-likeness (QED) is 0.510. The van der Waals surface area contributed by atoms with Crippen LogP contribution in [0.15, 0.2) is 5.16 Å². The second-order valence-corrected chi connectivity index (χ2v) is 4.27. The summed E-state index contributed by atoms with van der Waals surface area (Å²) >= 11 is 16.8. The Morgan fingerprint density at radius 3 is 2.31 bits per heavy atom. The van der Waals surface area contributed by atoms with Gasteiger partial charge < -0.3 is 0 Å². The van der Waals surface area contributed by atoms with E-state index >= 15 is 0 Å². The van der Waals surface area contributed by atoms with Crippen LogP contribution >= 0.6 is 47.6 Å². The minimum Gasteiger partial charge on any atom is -0.192 e. The zero-order chi connectivity index (χ0) is 9.68. The minimum absolute atomic E-state index is 0.133. The first kappa shape index (κ1) is 11.4. The predicted octanol–water partition coefficient (Wildman–Crippen LogP) is 2.59. The van der Waals surface area contributed by atoms with Crippen molar-refractivity contribution in [2.45, 2.75) is 11.6 Å². The van der Waals surface area contributed by atoms with Gasteiger partial charge in [0.15, 0.2) is 5.16 Å². The number of thiol groups is 1. The van der Waals surface area contributed by atoms with Gasteiger partial charge in [0, 0.05) is 5.75 Å². The second kappa shape index (κ2) is 5.90. The normalized spacial score (nSPS) is 10.4. The fourth-order valence-corrected chi connectivity index (χ4v) is 2.21. The fraction of sp³-hybridized carbons (Fsp3) is 0.500. The van der Waals surface area contributed by atoms with Gasteiger partial charge in [-0.05, 0) is 35.4 Å². The van der Waals surface area contributed by atoms with E-state index in [4.69, 9.17) is 23.2 Å². The summed E-state index contributed by atoms with van der Waals surface area (Å²) in [7, 11) is 0. The first-order valence-electron chi connectivity index (χ1n) is 3.53. The van der Waals surface area contributed by atoms with Crippen LogP contribution in [0.1, 0.15) is 6.42 Å². The van der Waals surface area contributed by atoms with Crippen LogP contribution in [0.2, 0.25) is 10.6 Å². The van der Waals surface area contributed by atoms with E-state index < -0.39 is 0 Å². The minimum atomic E-state index is 0.133. The lowest BCUT2D eigenvalue weighted by atomic mass is 10.6. The van der Waals surface area contributed by atoms with Crippen molar-refractivity contribution in [1.29, 1.82) is 0 Å². The van der Waals surface area contributed by atoms with Crippen molar-refractivity contribution in [2.24, 2.45) is 0 Å². The molecule has 0 aliphatic carbocycles. The van der Waals surface area contributed by atoms with E-state index in [9.17, 15) is 0 Å². The molecule has 13 heavy (non-hydrogen) atoms. The average Bonchev–Trinajstić information content (AvgIpc) is 2.03. The molecule has 0 aliphatic heterocycles. The molecule has 0 unspecified atom stereocenters. The molecule has 0 aromatic carbocycles. The van der Waals surface area contributed by atoms with Gasteiger partial charge in [0.2, 0.25) is 10.6 Å². The lowest BCUT2D eigenvalue weighted by Crippen LogP contribution is -1.93. The Morgan fingerprint density at radius 2 is 1.77 bits per heavy atom. The van der Waals surface area contributed by atoms with E-state index in [0.29, 0.717) is 5.16 Å². The Morgan fingerprint density at radius 1 is 1.15 bits per heavy atom. The average molecular weight is 256 g/mol. The summed E-state index contributed by atoms with van der Waals surface area (Å²) in [4.78, 5) is 11.4. The first-order chi connectivity index (χ1) is 6.22. The third-order valence-corrected chi connectivity index (χ3v) is 2.68. The van der Waals surface area contributed by atoms with Crippen molar-refractivity contribution in [3.63, 3.8) is 0 Å². The Labute approximate surface area is 96.1 Å². The van der Waals surface area contributed by atoms with E-state index in [-0.39, 0.29) is 10.6 Å². The summed E-state index contributed by atoms with van der Waals surface area (Å²) in [6.45, 7) is 0. The van der Waals surface area contributed by atoms with Crippen LogP contribution in [0.3, 0.4) is 0 Å². The van der Waals surface area contributed by atoms with E-state index in [1.165, 1.54) is 11.8 Å². The van der Waals surface area contributed by atoms with Crippen molar-refractivity contribution >= 4 is 47.6 Å². The van der Waals surface area contributed by atoms with Gasteiger partial charge in [-0.15, -0.1) is 0 Å². The van der Waals surface area contributed by atoms with Crippen LogP contribution in [-0.2, 0) is 0 Å². The number of nitrogens with zero attached hydrogens (tertiary/aromatic N) is 3. The molecule has 1 aromatic rings. The Kier molecular flexibility index (Phi) is 5.16. The van der Waals surface area contributed by atoms with Crippen molar-refractivity contribution in [3.05, 3.63) is 10.6 Å². The van der Waals surface area contributed by atoms with E-state index in [1.807, 2.05) is 0 Å². The first-order valence-corrected chi connectivity index (χ1v) is 5.90. The Bertz CT molecular complexity index is 264. The molecule has 3 nitrogen and oxygen atoms in total. The summed E-state index contributed by atoms with van der Waals surface area (Å²) in [6, 6.07) is 0. The zero-order valence-electron chi connectivity index (χ0n) is 6.57. The monoisotopic (exact) mass is 255 g/mol. The van der Waals surface area contributed by atoms with E-state index in [1.54, 1.807) is 0 Å². The molecular weight excluding hydrogens is 249 g/mol. The molecule has 0 radical (unpaired) electrons. The number of thioether (sulfide) groups is 1. The summed E-state index contributed by atoms with van der Waals surface area (Å²) < 4.78 is 0. The van der Waals surface area contributed by atoms with Gasteiger partial charge in [-0.2, -0.15) is 27.6 Å². The summed E-state index contributed by atoms with van der Waals surface area (Å²) in [5.74, 6) is 1.75. The van der Waals surface area contributed by atoms with Crippen LogP contribution in [0.25, 0.3) is 0 Å². The second-order valence-electron chi connectivity index (χ2n) is 2.08. The largest absolute Gasteiger partial charge is 0.227 e. The van der Waals surface area contributed by atoms with Gasteiger partial charge in [0.05, 0.1) is 0 Å². The molecule has 0 N–H and O–H groups in total. The molecule has 0 atom stereocenters. The molecule has 0 spiro atoms. The zero-order valence-corrected chi connectivity index (χ0v) is 9.80. The number of aromatic nitrogens is 3. The van der Waals surface area contributed by atoms with Gasteiger partial charge in [0.1, 0.15) is 0 Å². The molecule has 0 bridgehead atoms. The standard InChI is InChI=1S/C6H7Cl2N3S2/c7-4-9-5(8)11-6(10-4)13-3-1-2-12/h12H,1-3H2. The molecule has 0 saturated heterocycles. The van der Waals surface area contributed by atoms with Crippen molar-refractivity contribution in [1.82, 2.24) is 15.0 Å².